The number of halogens is 4. The van der Waals surface area contributed by atoms with Crippen LogP contribution in [0.5, 0.6) is 0 Å². The summed E-state index contributed by atoms with van der Waals surface area (Å²) in [6, 6.07) is 5.69. The number of alkyl halides is 3. The number of ether oxygens (including phenoxy) is 1. The van der Waals surface area contributed by atoms with Crippen LogP contribution in [0.15, 0.2) is 29.3 Å². The minimum absolute atomic E-state index is 0. The summed E-state index contributed by atoms with van der Waals surface area (Å²) in [4.78, 5) is 8.75. The summed E-state index contributed by atoms with van der Waals surface area (Å²) in [6.07, 6.45) is -1.92. The van der Waals surface area contributed by atoms with Crippen molar-refractivity contribution in [2.24, 2.45) is 4.99 Å². The lowest BCUT2D eigenvalue weighted by atomic mass is 9.96. The van der Waals surface area contributed by atoms with Gasteiger partial charge in [-0.3, -0.25) is 4.99 Å². The molecule has 178 valence electrons. The highest BCUT2D eigenvalue weighted by molar-refractivity contribution is 14.0. The first-order valence-electron chi connectivity index (χ1n) is 10.4. The largest absolute Gasteiger partial charge is 0.416 e. The highest BCUT2D eigenvalue weighted by atomic mass is 127. The number of nitrogens with zero attached hydrogens (tertiary/aromatic N) is 4. The molecule has 0 radical (unpaired) electrons. The third kappa shape index (κ3) is 7.06. The van der Waals surface area contributed by atoms with Gasteiger partial charge in [0, 0.05) is 33.2 Å². The number of nitrogens with one attached hydrogen (secondary N) is 2. The second-order valence-electron chi connectivity index (χ2n) is 7.75. The van der Waals surface area contributed by atoms with Crippen LogP contribution in [-0.4, -0.2) is 47.5 Å². The molecule has 32 heavy (non-hydrogen) atoms. The Balaban J connectivity index is 0.00000363. The van der Waals surface area contributed by atoms with Crippen LogP contribution in [-0.2, 0) is 30.5 Å². The summed E-state index contributed by atoms with van der Waals surface area (Å²) in [6.45, 7) is 3.60. The van der Waals surface area contributed by atoms with Gasteiger partial charge in [-0.2, -0.15) is 18.3 Å². The van der Waals surface area contributed by atoms with E-state index < -0.39 is 11.7 Å². The summed E-state index contributed by atoms with van der Waals surface area (Å²) in [5, 5.41) is 11.1. The zero-order valence-electron chi connectivity index (χ0n) is 18.4. The van der Waals surface area contributed by atoms with Gasteiger partial charge in [-0.05, 0) is 30.4 Å². The van der Waals surface area contributed by atoms with E-state index in [1.165, 1.54) is 12.1 Å². The van der Waals surface area contributed by atoms with Crippen LogP contribution >= 0.6 is 24.0 Å². The van der Waals surface area contributed by atoms with Crippen LogP contribution in [0, 0.1) is 0 Å². The van der Waals surface area contributed by atoms with Gasteiger partial charge in [0.1, 0.15) is 12.4 Å². The van der Waals surface area contributed by atoms with E-state index in [0.717, 1.165) is 24.7 Å². The van der Waals surface area contributed by atoms with Crippen molar-refractivity contribution < 1.29 is 17.9 Å². The van der Waals surface area contributed by atoms with Crippen molar-refractivity contribution >= 4 is 29.9 Å². The third-order valence-corrected chi connectivity index (χ3v) is 5.39. The van der Waals surface area contributed by atoms with Gasteiger partial charge in [0.25, 0.3) is 0 Å². The topological polar surface area (TPSA) is 76.4 Å². The van der Waals surface area contributed by atoms with Crippen LogP contribution in [0.1, 0.15) is 48.5 Å². The maximum Gasteiger partial charge on any atom is 0.416 e. The minimum atomic E-state index is -4.33. The molecule has 2 heterocycles. The second-order valence-corrected chi connectivity index (χ2v) is 7.75. The summed E-state index contributed by atoms with van der Waals surface area (Å²) < 4.78 is 45.8. The summed E-state index contributed by atoms with van der Waals surface area (Å²) in [7, 11) is 3.32. The molecule has 2 atom stereocenters. The van der Waals surface area contributed by atoms with Crippen molar-refractivity contribution in [1.82, 2.24) is 25.4 Å². The predicted molar refractivity (Wildman–Crippen MR) is 127 cm³/mol. The number of methoxy groups -OCH3 is 1. The van der Waals surface area contributed by atoms with Gasteiger partial charge >= 0.3 is 6.18 Å². The highest BCUT2D eigenvalue weighted by Gasteiger charge is 2.30. The Hall–Kier alpha value is -1.89. The van der Waals surface area contributed by atoms with Gasteiger partial charge in [-0.25, -0.2) is 9.67 Å². The lowest BCUT2D eigenvalue weighted by Crippen LogP contribution is -2.47. The lowest BCUT2D eigenvalue weighted by molar-refractivity contribution is -0.137. The number of hydrogen-bond donors (Lipinski definition) is 2. The van der Waals surface area contributed by atoms with Gasteiger partial charge in [-0.15, -0.1) is 24.0 Å². The summed E-state index contributed by atoms with van der Waals surface area (Å²) in [5.74, 6) is 2.30. The van der Waals surface area contributed by atoms with Crippen molar-refractivity contribution in [1.29, 1.82) is 0 Å². The average Bonchev–Trinajstić information content (AvgIpc) is 3.14. The fraction of sp³-hybridized carbons (Fsp3) is 0.571. The van der Waals surface area contributed by atoms with Gasteiger partial charge in [0.2, 0.25) is 0 Å². The Morgan fingerprint density at radius 2 is 2.16 bits per heavy atom. The van der Waals surface area contributed by atoms with E-state index in [-0.39, 0.29) is 35.9 Å². The molecule has 1 aliphatic heterocycles. The van der Waals surface area contributed by atoms with Crippen molar-refractivity contribution in [2.75, 3.05) is 20.7 Å². The first kappa shape index (κ1) is 26.4. The Kier molecular flexibility index (Phi) is 9.74. The molecule has 1 aromatic carbocycles. The first-order chi connectivity index (χ1) is 14.8. The van der Waals surface area contributed by atoms with E-state index >= 15 is 0 Å². The molecule has 2 N–H and O–H groups in total. The zero-order valence-corrected chi connectivity index (χ0v) is 20.8. The molecular formula is C21H30F3IN6O. The second kappa shape index (κ2) is 11.8. The SMILES string of the molecule is CN=C(NCCC(C)c1cccc(C(F)(F)F)c1)NC1CCc2nc(COC)nn2C1.I. The molecule has 2 unspecified atom stereocenters. The number of hydrogen-bond acceptors (Lipinski definition) is 4. The van der Waals surface area contributed by atoms with Crippen LogP contribution in [0.25, 0.3) is 0 Å². The maximum absolute atomic E-state index is 12.9. The average molecular weight is 566 g/mol. The van der Waals surface area contributed by atoms with Crippen molar-refractivity contribution in [3.63, 3.8) is 0 Å². The molecule has 1 aromatic heterocycles. The normalized spacial score (nSPS) is 17.3. The van der Waals surface area contributed by atoms with Gasteiger partial charge in [-0.1, -0.05) is 25.1 Å². The van der Waals surface area contributed by atoms with E-state index in [9.17, 15) is 13.2 Å². The minimum Gasteiger partial charge on any atom is -0.377 e. The third-order valence-electron chi connectivity index (χ3n) is 5.39. The fourth-order valence-electron chi connectivity index (χ4n) is 3.65. The highest BCUT2D eigenvalue weighted by Crippen LogP contribution is 2.31. The first-order valence-corrected chi connectivity index (χ1v) is 10.4. The van der Waals surface area contributed by atoms with Crippen LogP contribution < -0.4 is 10.6 Å². The van der Waals surface area contributed by atoms with E-state index in [0.29, 0.717) is 43.5 Å². The number of aryl methyl sites for hydroxylation is 1. The summed E-state index contributed by atoms with van der Waals surface area (Å²) >= 11 is 0. The standard InChI is InChI=1S/C21H29F3N6O.HI/c1-14(15-5-4-6-16(11-15)21(22,23)24)9-10-26-20(25-2)27-17-7-8-19-28-18(13-31-3)29-30(19)12-17;/h4-6,11,14,17H,7-10,12-13H2,1-3H3,(H2,25,26,27);1H. The molecular weight excluding hydrogens is 536 g/mol. The molecule has 0 saturated heterocycles. The van der Waals surface area contributed by atoms with E-state index in [1.807, 2.05) is 11.6 Å². The summed E-state index contributed by atoms with van der Waals surface area (Å²) in [5.41, 5.74) is 0.0677. The molecule has 3 rings (SSSR count). The Morgan fingerprint density at radius 1 is 1.38 bits per heavy atom. The lowest BCUT2D eigenvalue weighted by Gasteiger charge is -2.25. The predicted octanol–water partition coefficient (Wildman–Crippen LogP) is 3.73. The molecule has 0 aliphatic carbocycles. The number of aromatic nitrogens is 3. The Morgan fingerprint density at radius 3 is 2.84 bits per heavy atom. The molecule has 0 amide bonds. The van der Waals surface area contributed by atoms with Crippen LogP contribution in [0.3, 0.4) is 0 Å². The monoisotopic (exact) mass is 566 g/mol. The van der Waals surface area contributed by atoms with E-state index in [1.54, 1.807) is 20.2 Å². The molecule has 0 saturated carbocycles. The molecule has 0 fully saturated rings. The molecule has 0 spiro atoms. The van der Waals surface area contributed by atoms with Crippen molar-refractivity contribution in [3.05, 3.63) is 47.0 Å². The number of rotatable bonds is 7. The molecule has 7 nitrogen and oxygen atoms in total. The van der Waals surface area contributed by atoms with Crippen molar-refractivity contribution in [3.8, 4) is 0 Å². The van der Waals surface area contributed by atoms with Gasteiger partial charge < -0.3 is 15.4 Å². The number of aliphatic imine (C=N–C) groups is 1. The van der Waals surface area contributed by atoms with Gasteiger partial charge in [0.15, 0.2) is 11.8 Å². The molecule has 1 aliphatic rings. The molecule has 2 aromatic rings. The Bertz CT molecular complexity index is 902. The molecule has 0 bridgehead atoms. The van der Waals surface area contributed by atoms with E-state index in [4.69, 9.17) is 4.74 Å². The zero-order chi connectivity index (χ0) is 22.4. The van der Waals surface area contributed by atoms with E-state index in [2.05, 4.69) is 25.7 Å². The number of guanidine groups is 1. The quantitative estimate of drug-likeness (QED) is 0.304. The van der Waals surface area contributed by atoms with Crippen LogP contribution in [0.2, 0.25) is 0 Å². The maximum atomic E-state index is 12.9. The fourth-order valence-corrected chi connectivity index (χ4v) is 3.65. The molecule has 11 heteroatoms. The van der Waals surface area contributed by atoms with Gasteiger partial charge in [0.05, 0.1) is 12.1 Å². The van der Waals surface area contributed by atoms with Crippen molar-refractivity contribution in [2.45, 2.75) is 57.5 Å². The number of benzene rings is 1. The number of fused-ring (bicyclic) bond motifs is 1. The smallest absolute Gasteiger partial charge is 0.377 e. The van der Waals surface area contributed by atoms with Crippen LogP contribution in [0.4, 0.5) is 13.2 Å². The Labute approximate surface area is 203 Å².